The van der Waals surface area contributed by atoms with Gasteiger partial charge in [-0.2, -0.15) is 0 Å². The van der Waals surface area contributed by atoms with Gasteiger partial charge in [0.2, 0.25) is 12.6 Å². The standard InChI is InChI=1S/C14H14O7/c1-7(15)18-10-4-5-11-12(6-10)14(20-9(3)17)21-13(11)19-8(2)16/h4-6,13-14H,1-3H3/t13-,14-/m1/s1. The van der Waals surface area contributed by atoms with Gasteiger partial charge in [-0.15, -0.1) is 0 Å². The van der Waals surface area contributed by atoms with Crippen LogP contribution >= 0.6 is 0 Å². The molecule has 0 saturated heterocycles. The molecule has 1 aromatic carbocycles. The third-order valence-corrected chi connectivity index (χ3v) is 2.62. The molecule has 21 heavy (non-hydrogen) atoms. The van der Waals surface area contributed by atoms with Crippen molar-refractivity contribution in [3.63, 3.8) is 0 Å². The quantitative estimate of drug-likeness (QED) is 0.620. The summed E-state index contributed by atoms with van der Waals surface area (Å²) < 4.78 is 20.4. The van der Waals surface area contributed by atoms with Crippen LogP contribution in [-0.4, -0.2) is 17.9 Å². The Bertz CT molecular complexity index is 593. The van der Waals surface area contributed by atoms with Crippen molar-refractivity contribution in [3.05, 3.63) is 29.3 Å². The molecule has 1 aromatic rings. The van der Waals surface area contributed by atoms with E-state index in [1.807, 2.05) is 0 Å². The predicted molar refractivity (Wildman–Crippen MR) is 67.9 cm³/mol. The highest BCUT2D eigenvalue weighted by Crippen LogP contribution is 2.42. The molecule has 2 rings (SSSR count). The fraction of sp³-hybridized carbons (Fsp3) is 0.357. The Morgan fingerprint density at radius 1 is 0.905 bits per heavy atom. The second-order valence-corrected chi connectivity index (χ2v) is 4.40. The van der Waals surface area contributed by atoms with E-state index in [0.717, 1.165) is 0 Å². The van der Waals surface area contributed by atoms with E-state index < -0.39 is 30.5 Å². The fourth-order valence-electron chi connectivity index (χ4n) is 1.94. The number of hydrogen-bond donors (Lipinski definition) is 0. The summed E-state index contributed by atoms with van der Waals surface area (Å²) in [6.07, 6.45) is -1.98. The minimum absolute atomic E-state index is 0.283. The minimum Gasteiger partial charge on any atom is -0.431 e. The van der Waals surface area contributed by atoms with Crippen LogP contribution in [0.2, 0.25) is 0 Å². The molecule has 0 amide bonds. The summed E-state index contributed by atoms with van der Waals surface area (Å²) in [6.45, 7) is 3.75. The van der Waals surface area contributed by atoms with Crippen molar-refractivity contribution in [2.24, 2.45) is 0 Å². The molecule has 0 saturated carbocycles. The van der Waals surface area contributed by atoms with Crippen molar-refractivity contribution < 1.29 is 33.3 Å². The molecule has 7 heteroatoms. The Morgan fingerprint density at radius 2 is 1.48 bits per heavy atom. The van der Waals surface area contributed by atoms with Crippen molar-refractivity contribution >= 4 is 17.9 Å². The fourth-order valence-corrected chi connectivity index (χ4v) is 1.94. The van der Waals surface area contributed by atoms with Crippen molar-refractivity contribution in [3.8, 4) is 5.75 Å². The van der Waals surface area contributed by atoms with E-state index >= 15 is 0 Å². The number of rotatable bonds is 3. The number of fused-ring (bicyclic) bond motifs is 1. The normalized spacial score (nSPS) is 19.6. The molecule has 2 atom stereocenters. The molecule has 0 spiro atoms. The number of ether oxygens (including phenoxy) is 4. The van der Waals surface area contributed by atoms with Gasteiger partial charge in [0, 0.05) is 31.9 Å². The third-order valence-electron chi connectivity index (χ3n) is 2.62. The zero-order chi connectivity index (χ0) is 15.6. The predicted octanol–water partition coefficient (Wildman–Crippen LogP) is 1.77. The zero-order valence-electron chi connectivity index (χ0n) is 11.7. The van der Waals surface area contributed by atoms with Crippen LogP contribution in [0.5, 0.6) is 5.75 Å². The lowest BCUT2D eigenvalue weighted by Crippen LogP contribution is -2.10. The molecule has 1 aliphatic heterocycles. The first-order valence-electron chi connectivity index (χ1n) is 6.19. The maximum atomic E-state index is 11.1. The Hall–Kier alpha value is -2.41. The number of esters is 3. The van der Waals surface area contributed by atoms with Crippen LogP contribution in [-0.2, 0) is 28.6 Å². The van der Waals surface area contributed by atoms with Gasteiger partial charge in [0.05, 0.1) is 0 Å². The Kier molecular flexibility index (Phi) is 4.23. The topological polar surface area (TPSA) is 88.1 Å². The highest BCUT2D eigenvalue weighted by Gasteiger charge is 2.36. The van der Waals surface area contributed by atoms with E-state index in [0.29, 0.717) is 11.1 Å². The average Bonchev–Trinajstić information content (AvgIpc) is 2.65. The molecule has 0 radical (unpaired) electrons. The summed E-state index contributed by atoms with van der Waals surface area (Å²) in [6, 6.07) is 4.63. The summed E-state index contributed by atoms with van der Waals surface area (Å²) in [5.74, 6) is -1.27. The second kappa shape index (κ2) is 5.92. The molecule has 0 unspecified atom stereocenters. The van der Waals surface area contributed by atoms with Crippen LogP contribution in [0.15, 0.2) is 18.2 Å². The van der Waals surface area contributed by atoms with Gasteiger partial charge in [0.1, 0.15) is 5.75 Å². The SMILES string of the molecule is CC(=O)Oc1ccc2c(c1)[C@H](OC(C)=O)O[C@H]2OC(C)=O. The number of hydrogen-bond acceptors (Lipinski definition) is 7. The van der Waals surface area contributed by atoms with Gasteiger partial charge >= 0.3 is 17.9 Å². The van der Waals surface area contributed by atoms with E-state index in [1.165, 1.54) is 32.9 Å². The van der Waals surface area contributed by atoms with Crippen molar-refractivity contribution in [2.45, 2.75) is 33.4 Å². The summed E-state index contributed by atoms with van der Waals surface area (Å²) >= 11 is 0. The smallest absolute Gasteiger partial charge is 0.308 e. The lowest BCUT2D eigenvalue weighted by Gasteiger charge is -2.13. The van der Waals surface area contributed by atoms with E-state index in [9.17, 15) is 14.4 Å². The van der Waals surface area contributed by atoms with E-state index in [-0.39, 0.29) is 5.75 Å². The highest BCUT2D eigenvalue weighted by molar-refractivity contribution is 5.70. The van der Waals surface area contributed by atoms with Gasteiger partial charge in [-0.05, 0) is 18.2 Å². The van der Waals surface area contributed by atoms with Gasteiger partial charge in [-0.25, -0.2) is 0 Å². The molecule has 112 valence electrons. The zero-order valence-corrected chi connectivity index (χ0v) is 11.7. The first-order chi connectivity index (χ1) is 9.86. The van der Waals surface area contributed by atoms with Crippen LogP contribution in [0.1, 0.15) is 44.5 Å². The second-order valence-electron chi connectivity index (χ2n) is 4.40. The molecule has 1 heterocycles. The lowest BCUT2D eigenvalue weighted by molar-refractivity contribution is -0.227. The summed E-state index contributed by atoms with van der Waals surface area (Å²) in [5, 5.41) is 0. The molecule has 1 aliphatic rings. The molecular formula is C14H14O7. The van der Waals surface area contributed by atoms with E-state index in [1.54, 1.807) is 6.07 Å². The monoisotopic (exact) mass is 294 g/mol. The molecule has 0 aliphatic carbocycles. The van der Waals surface area contributed by atoms with E-state index in [4.69, 9.17) is 18.9 Å². The highest BCUT2D eigenvalue weighted by atomic mass is 16.8. The molecule has 0 aromatic heterocycles. The molecule has 0 fully saturated rings. The molecular weight excluding hydrogens is 280 g/mol. The molecule has 0 N–H and O–H groups in total. The van der Waals surface area contributed by atoms with Gasteiger partial charge in [0.15, 0.2) is 0 Å². The van der Waals surface area contributed by atoms with Gasteiger partial charge < -0.3 is 14.2 Å². The Balaban J connectivity index is 2.33. The summed E-state index contributed by atoms with van der Waals surface area (Å²) in [7, 11) is 0. The van der Waals surface area contributed by atoms with Gasteiger partial charge in [-0.3, -0.25) is 19.1 Å². The maximum absolute atomic E-state index is 11.1. The van der Waals surface area contributed by atoms with Crippen LogP contribution in [0.25, 0.3) is 0 Å². The Labute approximate surface area is 120 Å². The third kappa shape index (κ3) is 3.57. The van der Waals surface area contributed by atoms with E-state index in [2.05, 4.69) is 0 Å². The first kappa shape index (κ1) is 15.0. The number of carbonyl (C=O) groups excluding carboxylic acids is 3. The van der Waals surface area contributed by atoms with Crippen LogP contribution < -0.4 is 4.74 Å². The minimum atomic E-state index is -1.02. The lowest BCUT2D eigenvalue weighted by atomic mass is 10.1. The molecule has 7 nitrogen and oxygen atoms in total. The van der Waals surface area contributed by atoms with Gasteiger partial charge in [0.25, 0.3) is 0 Å². The summed E-state index contributed by atoms with van der Waals surface area (Å²) in [4.78, 5) is 33.2. The Morgan fingerprint density at radius 3 is 2.00 bits per heavy atom. The van der Waals surface area contributed by atoms with Gasteiger partial charge in [-0.1, -0.05) is 0 Å². The average molecular weight is 294 g/mol. The van der Waals surface area contributed by atoms with Crippen LogP contribution in [0, 0.1) is 0 Å². The van der Waals surface area contributed by atoms with Crippen molar-refractivity contribution in [1.29, 1.82) is 0 Å². The number of carbonyl (C=O) groups is 3. The van der Waals surface area contributed by atoms with Crippen LogP contribution in [0.3, 0.4) is 0 Å². The van der Waals surface area contributed by atoms with Crippen LogP contribution in [0.4, 0.5) is 0 Å². The first-order valence-corrected chi connectivity index (χ1v) is 6.19. The van der Waals surface area contributed by atoms with Crippen molar-refractivity contribution in [2.75, 3.05) is 0 Å². The number of benzene rings is 1. The van der Waals surface area contributed by atoms with Crippen molar-refractivity contribution in [1.82, 2.24) is 0 Å². The summed E-state index contributed by atoms with van der Waals surface area (Å²) in [5.41, 5.74) is 1.00. The largest absolute Gasteiger partial charge is 0.431 e. The maximum Gasteiger partial charge on any atom is 0.308 e. The molecule has 0 bridgehead atoms.